The lowest BCUT2D eigenvalue weighted by atomic mass is 10.1. The van der Waals surface area contributed by atoms with Gasteiger partial charge >= 0.3 is 19.8 Å². The predicted molar refractivity (Wildman–Crippen MR) is 122 cm³/mol. The van der Waals surface area contributed by atoms with Crippen molar-refractivity contribution in [2.24, 2.45) is 0 Å². The fourth-order valence-electron chi connectivity index (χ4n) is 2.56. The van der Waals surface area contributed by atoms with Gasteiger partial charge in [-0.05, 0) is 45.7 Å². The molecule has 0 amide bonds. The first-order valence-electron chi connectivity index (χ1n) is 10.3. The topological polar surface area (TPSA) is 97.4 Å². The predicted octanol–water partition coefficient (Wildman–Crippen LogP) is 5.15. The third-order valence-corrected chi connectivity index (χ3v) is 5.45. The number of aryl methyl sites for hydroxylation is 3. The Morgan fingerprint density at radius 1 is 0.812 bits per heavy atom. The van der Waals surface area contributed by atoms with Crippen molar-refractivity contribution in [2.45, 2.75) is 47.5 Å². The SMILES string of the molecule is C=C(C)C(=O)OCCCOP(=O)(OCCCOC(=O)C(=C)C)Oc1c(C)cc(C)cc1C. The van der Waals surface area contributed by atoms with Crippen molar-refractivity contribution < 1.29 is 37.2 Å². The van der Waals surface area contributed by atoms with Crippen LogP contribution in [0, 0.1) is 20.8 Å². The molecule has 178 valence electrons. The molecule has 0 aromatic heterocycles. The first kappa shape index (κ1) is 27.6. The molecule has 1 aromatic rings. The van der Waals surface area contributed by atoms with Crippen LogP contribution in [0.5, 0.6) is 5.75 Å². The summed E-state index contributed by atoms with van der Waals surface area (Å²) in [7, 11) is -3.99. The Hall–Kier alpha value is -2.41. The zero-order chi connectivity index (χ0) is 24.3. The molecule has 0 fully saturated rings. The summed E-state index contributed by atoms with van der Waals surface area (Å²) in [5.41, 5.74) is 3.21. The second-order valence-corrected chi connectivity index (χ2v) is 9.07. The summed E-state index contributed by atoms with van der Waals surface area (Å²) < 4.78 is 39.9. The molecule has 0 bridgehead atoms. The molecule has 0 saturated heterocycles. The molecule has 0 unspecified atom stereocenters. The van der Waals surface area contributed by atoms with Gasteiger partial charge in [0.2, 0.25) is 0 Å². The fraction of sp³-hybridized carbons (Fsp3) is 0.478. The second kappa shape index (κ2) is 13.2. The highest BCUT2D eigenvalue weighted by atomic mass is 31.2. The minimum absolute atomic E-state index is 0.0185. The summed E-state index contributed by atoms with van der Waals surface area (Å²) in [5.74, 6) is -0.590. The standard InChI is InChI=1S/C23H33O8P/c1-16(2)22(24)27-10-8-12-29-32(26,30-13-9-11-28-23(25)17(3)4)31-21-19(6)14-18(5)15-20(21)7/h14-15H,1,3,8-13H2,2,4-7H3. The van der Waals surface area contributed by atoms with Gasteiger partial charge < -0.3 is 14.0 Å². The average molecular weight is 468 g/mol. The maximum atomic E-state index is 13.3. The molecule has 0 heterocycles. The first-order valence-corrected chi connectivity index (χ1v) is 11.7. The van der Waals surface area contributed by atoms with E-state index in [2.05, 4.69) is 13.2 Å². The average Bonchev–Trinajstić information content (AvgIpc) is 2.69. The number of benzene rings is 1. The molecule has 1 aromatic carbocycles. The van der Waals surface area contributed by atoms with Crippen LogP contribution in [0.4, 0.5) is 0 Å². The van der Waals surface area contributed by atoms with Gasteiger partial charge in [-0.3, -0.25) is 9.05 Å². The number of esters is 2. The van der Waals surface area contributed by atoms with Crippen LogP contribution in [-0.2, 0) is 32.7 Å². The monoisotopic (exact) mass is 468 g/mol. The number of ether oxygens (including phenoxy) is 2. The second-order valence-electron chi connectivity index (χ2n) is 7.47. The normalized spacial score (nSPS) is 11.0. The molecule has 0 aliphatic carbocycles. The lowest BCUT2D eigenvalue weighted by Crippen LogP contribution is -2.11. The van der Waals surface area contributed by atoms with Gasteiger partial charge in [-0.2, -0.15) is 0 Å². The molecule has 1 rings (SSSR count). The third kappa shape index (κ3) is 9.81. The zero-order valence-corrected chi connectivity index (χ0v) is 20.4. The van der Waals surface area contributed by atoms with Crippen molar-refractivity contribution in [3.05, 3.63) is 53.1 Å². The molecule has 32 heavy (non-hydrogen) atoms. The lowest BCUT2D eigenvalue weighted by molar-refractivity contribution is -0.140. The van der Waals surface area contributed by atoms with Crippen molar-refractivity contribution in [1.29, 1.82) is 0 Å². The number of carbonyl (C=O) groups excluding carboxylic acids is 2. The summed E-state index contributed by atoms with van der Waals surface area (Å²) in [6.45, 7) is 15.9. The number of phosphoric acid groups is 1. The van der Waals surface area contributed by atoms with Gasteiger partial charge in [0.15, 0.2) is 0 Å². The summed E-state index contributed by atoms with van der Waals surface area (Å²) in [6.07, 6.45) is 0.579. The Balaban J connectivity index is 2.73. The van der Waals surface area contributed by atoms with Gasteiger partial charge in [-0.25, -0.2) is 14.2 Å². The highest BCUT2D eigenvalue weighted by Gasteiger charge is 2.30. The number of rotatable bonds is 14. The van der Waals surface area contributed by atoms with Crippen LogP contribution < -0.4 is 4.52 Å². The van der Waals surface area contributed by atoms with Crippen LogP contribution in [0.25, 0.3) is 0 Å². The molecule has 0 N–H and O–H groups in total. The van der Waals surface area contributed by atoms with E-state index in [0.29, 0.717) is 16.9 Å². The summed E-state index contributed by atoms with van der Waals surface area (Å²) in [4.78, 5) is 22.9. The lowest BCUT2D eigenvalue weighted by Gasteiger charge is -2.21. The molecule has 0 aliphatic heterocycles. The third-order valence-electron chi connectivity index (χ3n) is 4.05. The molecule has 0 spiro atoms. The Morgan fingerprint density at radius 3 is 1.59 bits per heavy atom. The smallest absolute Gasteiger partial charge is 0.462 e. The van der Waals surface area contributed by atoms with E-state index in [9.17, 15) is 14.2 Å². The Kier molecular flexibility index (Phi) is 11.4. The van der Waals surface area contributed by atoms with Crippen molar-refractivity contribution >= 4 is 19.8 Å². The van der Waals surface area contributed by atoms with Crippen LogP contribution >= 0.6 is 7.82 Å². The van der Waals surface area contributed by atoms with E-state index >= 15 is 0 Å². The fourth-order valence-corrected chi connectivity index (χ4v) is 3.96. The molecule has 0 saturated carbocycles. The van der Waals surface area contributed by atoms with Crippen LogP contribution in [0.1, 0.15) is 43.4 Å². The minimum Gasteiger partial charge on any atom is -0.462 e. The van der Waals surface area contributed by atoms with Crippen LogP contribution in [0.15, 0.2) is 36.4 Å². The van der Waals surface area contributed by atoms with Crippen LogP contribution in [0.3, 0.4) is 0 Å². The van der Waals surface area contributed by atoms with Crippen LogP contribution in [-0.4, -0.2) is 38.4 Å². The Labute approximate surface area is 190 Å². The van der Waals surface area contributed by atoms with E-state index in [0.717, 1.165) is 16.7 Å². The number of hydrogen-bond acceptors (Lipinski definition) is 8. The highest BCUT2D eigenvalue weighted by Crippen LogP contribution is 2.51. The summed E-state index contributed by atoms with van der Waals surface area (Å²) in [5, 5.41) is 0. The molecule has 9 heteroatoms. The Bertz CT molecular complexity index is 827. The van der Waals surface area contributed by atoms with E-state index in [-0.39, 0.29) is 39.3 Å². The van der Waals surface area contributed by atoms with Crippen molar-refractivity contribution in [3.63, 3.8) is 0 Å². The molecule has 8 nitrogen and oxygen atoms in total. The Morgan fingerprint density at radius 2 is 1.22 bits per heavy atom. The minimum atomic E-state index is -3.99. The van der Waals surface area contributed by atoms with Gasteiger partial charge in [0.25, 0.3) is 0 Å². The first-order chi connectivity index (χ1) is 14.9. The number of phosphoric ester groups is 1. The number of hydrogen-bond donors (Lipinski definition) is 0. The van der Waals surface area contributed by atoms with Crippen LogP contribution in [0.2, 0.25) is 0 Å². The largest absolute Gasteiger partial charge is 0.530 e. The quantitative estimate of drug-likeness (QED) is 0.160. The van der Waals surface area contributed by atoms with Gasteiger partial charge in [0.05, 0.1) is 26.4 Å². The van der Waals surface area contributed by atoms with E-state index in [1.54, 1.807) is 13.8 Å². The van der Waals surface area contributed by atoms with Crippen molar-refractivity contribution in [3.8, 4) is 5.75 Å². The highest BCUT2D eigenvalue weighted by molar-refractivity contribution is 7.48. The zero-order valence-electron chi connectivity index (χ0n) is 19.5. The molecular formula is C23H33O8P. The van der Waals surface area contributed by atoms with Gasteiger partial charge in [0, 0.05) is 24.0 Å². The van der Waals surface area contributed by atoms with Gasteiger partial charge in [-0.15, -0.1) is 0 Å². The molecule has 0 atom stereocenters. The molecule has 0 radical (unpaired) electrons. The van der Waals surface area contributed by atoms with E-state index in [1.165, 1.54) is 0 Å². The maximum Gasteiger partial charge on any atom is 0.530 e. The van der Waals surface area contributed by atoms with E-state index in [1.807, 2.05) is 32.9 Å². The van der Waals surface area contributed by atoms with E-state index < -0.39 is 19.8 Å². The summed E-state index contributed by atoms with van der Waals surface area (Å²) >= 11 is 0. The van der Waals surface area contributed by atoms with Gasteiger partial charge in [-0.1, -0.05) is 30.9 Å². The van der Waals surface area contributed by atoms with Crippen molar-refractivity contribution in [1.82, 2.24) is 0 Å². The molecular weight excluding hydrogens is 435 g/mol. The molecule has 0 aliphatic rings. The van der Waals surface area contributed by atoms with Gasteiger partial charge in [0.1, 0.15) is 5.75 Å². The maximum absolute atomic E-state index is 13.3. The van der Waals surface area contributed by atoms with Crippen molar-refractivity contribution in [2.75, 3.05) is 26.4 Å². The summed E-state index contributed by atoms with van der Waals surface area (Å²) in [6, 6.07) is 3.81. The van der Waals surface area contributed by atoms with E-state index in [4.69, 9.17) is 23.0 Å². The number of carbonyl (C=O) groups is 2.